The molecule has 26 heavy (non-hydrogen) atoms. The minimum atomic E-state index is -0.249. The molecule has 0 aliphatic carbocycles. The van der Waals surface area contributed by atoms with E-state index in [0.29, 0.717) is 5.16 Å². The van der Waals surface area contributed by atoms with Crippen LogP contribution in [0.25, 0.3) is 0 Å². The van der Waals surface area contributed by atoms with E-state index in [-0.39, 0.29) is 24.1 Å². The van der Waals surface area contributed by atoms with Gasteiger partial charge in [0, 0.05) is 12.1 Å². The Bertz CT molecular complexity index is 765. The van der Waals surface area contributed by atoms with Gasteiger partial charge in [0.25, 0.3) is 0 Å². The maximum absolute atomic E-state index is 12.1. The summed E-state index contributed by atoms with van der Waals surface area (Å²) in [5, 5.41) is 12.9. The number of hydrogen-bond donors (Lipinski definition) is 3. The number of amides is 2. The summed E-state index contributed by atoms with van der Waals surface area (Å²) in [6.45, 7) is 7.92. The molecule has 0 radical (unpaired) electrons. The molecule has 1 heterocycles. The van der Waals surface area contributed by atoms with E-state index in [4.69, 9.17) is 0 Å². The van der Waals surface area contributed by atoms with Crippen LogP contribution >= 0.6 is 11.8 Å². The van der Waals surface area contributed by atoms with Crippen molar-refractivity contribution in [2.75, 3.05) is 17.6 Å². The lowest BCUT2D eigenvalue weighted by Gasteiger charge is -2.13. The van der Waals surface area contributed by atoms with E-state index in [1.54, 1.807) is 0 Å². The highest BCUT2D eigenvalue weighted by atomic mass is 32.2. The highest BCUT2D eigenvalue weighted by molar-refractivity contribution is 7.99. The number of carbonyl (C=O) groups is 2. The number of nitrogens with zero attached hydrogens (tertiary/aromatic N) is 2. The fourth-order valence-electron chi connectivity index (χ4n) is 2.61. The minimum absolute atomic E-state index is 0.0682. The number of benzene rings is 1. The highest BCUT2D eigenvalue weighted by Crippen LogP contribution is 2.21. The summed E-state index contributed by atoms with van der Waals surface area (Å²) >= 11 is 1.24. The normalized spacial score (nSPS) is 10.6. The molecule has 0 saturated carbocycles. The van der Waals surface area contributed by atoms with Gasteiger partial charge in [0.1, 0.15) is 5.82 Å². The monoisotopic (exact) mass is 375 g/mol. The first-order valence-corrected chi connectivity index (χ1v) is 9.56. The van der Waals surface area contributed by atoms with E-state index in [0.717, 1.165) is 41.0 Å². The number of aromatic amines is 1. The van der Waals surface area contributed by atoms with Crippen molar-refractivity contribution in [2.45, 2.75) is 45.7 Å². The number of H-pyrrole nitrogens is 1. The van der Waals surface area contributed by atoms with Crippen molar-refractivity contribution in [3.63, 3.8) is 0 Å². The van der Waals surface area contributed by atoms with E-state index in [1.165, 1.54) is 11.8 Å². The highest BCUT2D eigenvalue weighted by Gasteiger charge is 2.11. The largest absolute Gasteiger partial charge is 0.346 e. The molecule has 1 aromatic heterocycles. The predicted octanol–water partition coefficient (Wildman–Crippen LogP) is 2.53. The molecular weight excluding hydrogens is 350 g/mol. The maximum Gasteiger partial charge on any atom is 0.243 e. The van der Waals surface area contributed by atoms with Gasteiger partial charge in [0.15, 0.2) is 0 Å². The molecule has 7 nitrogen and oxygen atoms in total. The third-order valence-electron chi connectivity index (χ3n) is 3.72. The first-order valence-electron chi connectivity index (χ1n) is 8.57. The van der Waals surface area contributed by atoms with Crippen LogP contribution in [0.4, 0.5) is 5.69 Å². The summed E-state index contributed by atoms with van der Waals surface area (Å²) in [7, 11) is 0. The summed E-state index contributed by atoms with van der Waals surface area (Å²) in [4.78, 5) is 28.3. The minimum Gasteiger partial charge on any atom is -0.346 e. The van der Waals surface area contributed by atoms with E-state index >= 15 is 0 Å². The zero-order valence-corrected chi connectivity index (χ0v) is 16.4. The quantitative estimate of drug-likeness (QED) is 0.616. The molecule has 0 atom stereocenters. The van der Waals surface area contributed by atoms with Crippen molar-refractivity contribution >= 4 is 29.3 Å². The zero-order valence-electron chi connectivity index (χ0n) is 15.6. The molecule has 8 heteroatoms. The van der Waals surface area contributed by atoms with Gasteiger partial charge in [0.2, 0.25) is 17.0 Å². The molecule has 140 valence electrons. The van der Waals surface area contributed by atoms with Crippen LogP contribution in [0.15, 0.2) is 17.3 Å². The average molecular weight is 375 g/mol. The smallest absolute Gasteiger partial charge is 0.243 e. The predicted molar refractivity (Wildman–Crippen MR) is 103 cm³/mol. The Morgan fingerprint density at radius 1 is 1.15 bits per heavy atom. The van der Waals surface area contributed by atoms with Gasteiger partial charge < -0.3 is 10.6 Å². The molecule has 1 aromatic carbocycles. The molecule has 0 bridgehead atoms. The Morgan fingerprint density at radius 2 is 1.85 bits per heavy atom. The Labute approximate surface area is 157 Å². The molecule has 0 unspecified atom stereocenters. The van der Waals surface area contributed by atoms with Gasteiger partial charge in [-0.2, -0.15) is 0 Å². The van der Waals surface area contributed by atoms with Gasteiger partial charge in [-0.05, 0) is 38.3 Å². The standard InChI is InChI=1S/C18H25N5O2S/c1-5-6-14-20-18(23-22-14)26-10-16(25)19-9-15(24)21-17-12(3)7-11(2)8-13(17)4/h7-8H,5-6,9-10H2,1-4H3,(H,19,25)(H,21,24)(H,20,22,23). The Kier molecular flexibility index (Phi) is 7.20. The lowest BCUT2D eigenvalue weighted by Crippen LogP contribution is -2.34. The van der Waals surface area contributed by atoms with Crippen LogP contribution in [0.3, 0.4) is 0 Å². The van der Waals surface area contributed by atoms with Crippen LogP contribution in [0.1, 0.15) is 35.9 Å². The molecule has 2 amide bonds. The Balaban J connectivity index is 1.77. The van der Waals surface area contributed by atoms with Gasteiger partial charge in [-0.15, -0.1) is 5.10 Å². The van der Waals surface area contributed by atoms with Crippen molar-refractivity contribution in [3.8, 4) is 0 Å². The van der Waals surface area contributed by atoms with Crippen molar-refractivity contribution in [2.24, 2.45) is 0 Å². The number of aryl methyl sites for hydroxylation is 4. The Hall–Kier alpha value is -2.35. The van der Waals surface area contributed by atoms with Crippen LogP contribution in [0, 0.1) is 20.8 Å². The summed E-state index contributed by atoms with van der Waals surface area (Å²) < 4.78 is 0. The van der Waals surface area contributed by atoms with Crippen molar-refractivity contribution < 1.29 is 9.59 Å². The second-order valence-electron chi connectivity index (χ2n) is 6.20. The average Bonchev–Trinajstić information content (AvgIpc) is 3.02. The molecule has 0 spiro atoms. The van der Waals surface area contributed by atoms with Gasteiger partial charge >= 0.3 is 0 Å². The topological polar surface area (TPSA) is 99.8 Å². The number of thioether (sulfide) groups is 1. The first kappa shape index (κ1) is 20.0. The van der Waals surface area contributed by atoms with Crippen LogP contribution in [-0.2, 0) is 16.0 Å². The Morgan fingerprint density at radius 3 is 2.50 bits per heavy atom. The number of rotatable bonds is 8. The van der Waals surface area contributed by atoms with Crippen LogP contribution < -0.4 is 10.6 Å². The summed E-state index contributed by atoms with van der Waals surface area (Å²) in [6, 6.07) is 4.03. The zero-order chi connectivity index (χ0) is 19.1. The van der Waals surface area contributed by atoms with Crippen molar-refractivity contribution in [1.82, 2.24) is 20.5 Å². The molecule has 0 saturated heterocycles. The third kappa shape index (κ3) is 5.87. The van der Waals surface area contributed by atoms with Gasteiger partial charge in [-0.25, -0.2) is 4.98 Å². The maximum atomic E-state index is 12.1. The number of nitrogens with one attached hydrogen (secondary N) is 3. The number of aromatic nitrogens is 3. The second kappa shape index (κ2) is 9.38. The van der Waals surface area contributed by atoms with E-state index in [1.807, 2.05) is 32.9 Å². The number of carbonyl (C=O) groups excluding carboxylic acids is 2. The lowest BCUT2D eigenvalue weighted by atomic mass is 10.1. The van der Waals surface area contributed by atoms with E-state index in [2.05, 4.69) is 32.7 Å². The van der Waals surface area contributed by atoms with Crippen LogP contribution in [0.2, 0.25) is 0 Å². The second-order valence-corrected chi connectivity index (χ2v) is 7.14. The molecule has 3 N–H and O–H groups in total. The third-order valence-corrected chi connectivity index (χ3v) is 4.57. The van der Waals surface area contributed by atoms with Crippen molar-refractivity contribution in [3.05, 3.63) is 34.6 Å². The molecule has 2 rings (SSSR count). The lowest BCUT2D eigenvalue weighted by molar-refractivity contribution is -0.122. The molecular formula is C18H25N5O2S. The summed E-state index contributed by atoms with van der Waals surface area (Å²) in [5.41, 5.74) is 3.96. The number of anilines is 1. The van der Waals surface area contributed by atoms with E-state index < -0.39 is 0 Å². The molecule has 2 aromatic rings. The summed E-state index contributed by atoms with van der Waals surface area (Å²) in [5.74, 6) is 0.503. The van der Waals surface area contributed by atoms with E-state index in [9.17, 15) is 9.59 Å². The number of hydrogen-bond acceptors (Lipinski definition) is 5. The SMILES string of the molecule is CCCc1nc(SCC(=O)NCC(=O)Nc2c(C)cc(C)cc2C)n[nH]1. The van der Waals surface area contributed by atoms with Gasteiger partial charge in [0.05, 0.1) is 12.3 Å². The molecule has 0 aliphatic rings. The molecule has 0 fully saturated rings. The molecule has 0 aliphatic heterocycles. The summed E-state index contributed by atoms with van der Waals surface area (Å²) in [6.07, 6.45) is 1.81. The van der Waals surface area contributed by atoms with Crippen molar-refractivity contribution in [1.29, 1.82) is 0 Å². The fourth-order valence-corrected chi connectivity index (χ4v) is 3.26. The van der Waals surface area contributed by atoms with Crippen LogP contribution in [-0.4, -0.2) is 39.3 Å². The van der Waals surface area contributed by atoms with Gasteiger partial charge in [-0.1, -0.05) is 36.4 Å². The first-order chi connectivity index (χ1) is 12.4. The van der Waals surface area contributed by atoms with Crippen LogP contribution in [0.5, 0.6) is 0 Å². The van der Waals surface area contributed by atoms with Gasteiger partial charge in [-0.3, -0.25) is 14.7 Å². The fraction of sp³-hybridized carbons (Fsp3) is 0.444.